The molecule has 1 rings (SSSR count). The summed E-state index contributed by atoms with van der Waals surface area (Å²) in [4.78, 5) is 8.60. The Kier molecular flexibility index (Phi) is 8.19. The molecular weight excluding hydrogens is 276 g/mol. The van der Waals surface area contributed by atoms with E-state index in [1.807, 2.05) is 6.08 Å². The maximum absolute atomic E-state index is 8.95. The maximum atomic E-state index is 8.95. The molecule has 0 fully saturated rings. The third kappa shape index (κ3) is 7.21. The van der Waals surface area contributed by atoms with Crippen LogP contribution in [0.2, 0.25) is 0 Å². The lowest BCUT2D eigenvalue weighted by Gasteiger charge is -2.25. The summed E-state index contributed by atoms with van der Waals surface area (Å²) in [5.41, 5.74) is 0.563. The van der Waals surface area contributed by atoms with Crippen LogP contribution in [0.5, 0.6) is 5.88 Å². The third-order valence-corrected chi connectivity index (χ3v) is 3.29. The number of pyridine rings is 1. The van der Waals surface area contributed by atoms with Crippen molar-refractivity contribution in [3.63, 3.8) is 0 Å². The second-order valence-corrected chi connectivity index (χ2v) is 5.67. The van der Waals surface area contributed by atoms with Gasteiger partial charge in [0.15, 0.2) is 0 Å². The zero-order valence-corrected chi connectivity index (χ0v) is 13.8. The van der Waals surface area contributed by atoms with E-state index in [1.165, 1.54) is 0 Å². The number of rotatable bonds is 10. The average molecular weight is 302 g/mol. The van der Waals surface area contributed by atoms with Gasteiger partial charge >= 0.3 is 0 Å². The van der Waals surface area contributed by atoms with Gasteiger partial charge in [0.05, 0.1) is 11.6 Å². The van der Waals surface area contributed by atoms with Crippen molar-refractivity contribution in [3.05, 3.63) is 36.5 Å². The Hall–Kier alpha value is -1.90. The summed E-state index contributed by atoms with van der Waals surface area (Å²) in [7, 11) is 6.22. The van der Waals surface area contributed by atoms with Gasteiger partial charge in [0.1, 0.15) is 6.10 Å². The summed E-state index contributed by atoms with van der Waals surface area (Å²) in [6.45, 7) is 6.58. The summed E-state index contributed by atoms with van der Waals surface area (Å²) in [6.07, 6.45) is 5.31. The molecular formula is C17H26N4O. The first-order valence-electron chi connectivity index (χ1n) is 7.52. The smallest absolute Gasteiger partial charge is 0.214 e. The number of nitriles is 1. The molecule has 0 aliphatic rings. The minimum absolute atomic E-state index is 0.0339. The van der Waals surface area contributed by atoms with Crippen LogP contribution in [-0.2, 0) is 0 Å². The number of hydrogen-bond acceptors (Lipinski definition) is 5. The normalized spacial score (nSPS) is 12.2. The second-order valence-electron chi connectivity index (χ2n) is 5.67. The van der Waals surface area contributed by atoms with Crippen LogP contribution >= 0.6 is 0 Å². The van der Waals surface area contributed by atoms with Crippen molar-refractivity contribution >= 4 is 0 Å². The second kappa shape index (κ2) is 9.93. The molecule has 5 heteroatoms. The average Bonchev–Trinajstić information content (AvgIpc) is 2.50. The topological polar surface area (TPSA) is 52.4 Å². The SMILES string of the molecule is C=CCC[C@H](CN(C)CCN(C)C)Oc1cc(C#N)ccn1. The van der Waals surface area contributed by atoms with E-state index >= 15 is 0 Å². The number of likely N-dealkylation sites (N-methyl/N-ethyl adjacent to an activating group) is 2. The molecule has 0 saturated carbocycles. The van der Waals surface area contributed by atoms with Gasteiger partial charge in [-0.3, -0.25) is 0 Å². The van der Waals surface area contributed by atoms with E-state index in [0.29, 0.717) is 11.4 Å². The van der Waals surface area contributed by atoms with Gasteiger partial charge in [-0.2, -0.15) is 5.26 Å². The summed E-state index contributed by atoms with van der Waals surface area (Å²) < 4.78 is 5.97. The van der Waals surface area contributed by atoms with E-state index < -0.39 is 0 Å². The standard InChI is InChI=1S/C17H26N4O/c1-5-6-7-16(14-21(4)11-10-20(2)3)22-17-12-15(13-18)8-9-19-17/h5,8-9,12,16H,1,6-7,10-11,14H2,2-4H3/t16-/m1/s1. The Morgan fingerprint density at radius 3 is 2.82 bits per heavy atom. The Labute approximate surface area is 133 Å². The van der Waals surface area contributed by atoms with Crippen molar-refractivity contribution in [2.24, 2.45) is 0 Å². The van der Waals surface area contributed by atoms with Crippen molar-refractivity contribution in [1.29, 1.82) is 5.26 Å². The van der Waals surface area contributed by atoms with Crippen LogP contribution in [-0.4, -0.2) is 61.7 Å². The van der Waals surface area contributed by atoms with Gasteiger partial charge in [-0.1, -0.05) is 6.08 Å². The van der Waals surface area contributed by atoms with E-state index in [0.717, 1.165) is 32.5 Å². The minimum atomic E-state index is 0.0339. The van der Waals surface area contributed by atoms with Gasteiger partial charge in [-0.25, -0.2) is 4.98 Å². The molecule has 0 saturated heterocycles. The first-order valence-corrected chi connectivity index (χ1v) is 7.52. The monoisotopic (exact) mass is 302 g/mol. The fraction of sp³-hybridized carbons (Fsp3) is 0.529. The highest BCUT2D eigenvalue weighted by Gasteiger charge is 2.14. The Balaban J connectivity index is 2.62. The molecule has 1 aromatic heterocycles. The number of aromatic nitrogens is 1. The quantitative estimate of drug-likeness (QED) is 0.620. The van der Waals surface area contributed by atoms with Gasteiger partial charge in [0, 0.05) is 31.9 Å². The van der Waals surface area contributed by atoms with Gasteiger partial charge in [0.2, 0.25) is 5.88 Å². The van der Waals surface area contributed by atoms with E-state index in [-0.39, 0.29) is 6.10 Å². The number of nitrogens with zero attached hydrogens (tertiary/aromatic N) is 4. The van der Waals surface area contributed by atoms with Crippen LogP contribution in [0.15, 0.2) is 31.0 Å². The van der Waals surface area contributed by atoms with Crippen LogP contribution in [0.4, 0.5) is 0 Å². The fourth-order valence-corrected chi connectivity index (χ4v) is 2.02. The predicted molar refractivity (Wildman–Crippen MR) is 88.9 cm³/mol. The zero-order valence-electron chi connectivity index (χ0n) is 13.8. The van der Waals surface area contributed by atoms with Crippen LogP contribution in [0, 0.1) is 11.3 Å². The maximum Gasteiger partial charge on any atom is 0.214 e. The fourth-order valence-electron chi connectivity index (χ4n) is 2.02. The largest absolute Gasteiger partial charge is 0.473 e. The lowest BCUT2D eigenvalue weighted by molar-refractivity contribution is 0.131. The van der Waals surface area contributed by atoms with Gasteiger partial charge in [-0.05, 0) is 40.1 Å². The molecule has 120 valence electrons. The summed E-state index contributed by atoms with van der Waals surface area (Å²) >= 11 is 0. The molecule has 0 aromatic carbocycles. The van der Waals surface area contributed by atoms with Crippen LogP contribution in [0.3, 0.4) is 0 Å². The van der Waals surface area contributed by atoms with E-state index in [9.17, 15) is 0 Å². The van der Waals surface area contributed by atoms with Crippen molar-refractivity contribution in [2.75, 3.05) is 40.8 Å². The number of ether oxygens (including phenoxy) is 1. The van der Waals surface area contributed by atoms with Crippen molar-refractivity contribution in [1.82, 2.24) is 14.8 Å². The molecule has 5 nitrogen and oxygen atoms in total. The summed E-state index contributed by atoms with van der Waals surface area (Å²) in [5.74, 6) is 0.508. The molecule has 22 heavy (non-hydrogen) atoms. The molecule has 0 aliphatic heterocycles. The minimum Gasteiger partial charge on any atom is -0.473 e. The highest BCUT2D eigenvalue weighted by Crippen LogP contribution is 2.14. The Morgan fingerprint density at radius 2 is 2.18 bits per heavy atom. The Morgan fingerprint density at radius 1 is 1.41 bits per heavy atom. The van der Waals surface area contributed by atoms with Crippen LogP contribution < -0.4 is 4.74 Å². The van der Waals surface area contributed by atoms with Crippen LogP contribution in [0.1, 0.15) is 18.4 Å². The zero-order chi connectivity index (χ0) is 16.4. The number of hydrogen-bond donors (Lipinski definition) is 0. The molecule has 0 radical (unpaired) electrons. The van der Waals surface area contributed by atoms with E-state index in [4.69, 9.17) is 10.00 Å². The molecule has 1 heterocycles. The van der Waals surface area contributed by atoms with Gasteiger partial charge in [0.25, 0.3) is 0 Å². The van der Waals surface area contributed by atoms with Gasteiger partial charge < -0.3 is 14.5 Å². The van der Waals surface area contributed by atoms with E-state index in [1.54, 1.807) is 18.3 Å². The third-order valence-electron chi connectivity index (χ3n) is 3.29. The van der Waals surface area contributed by atoms with Crippen molar-refractivity contribution < 1.29 is 4.74 Å². The highest BCUT2D eigenvalue weighted by molar-refractivity contribution is 5.31. The molecule has 0 N–H and O–H groups in total. The first-order chi connectivity index (χ1) is 10.5. The van der Waals surface area contributed by atoms with Gasteiger partial charge in [-0.15, -0.1) is 6.58 Å². The molecule has 0 unspecified atom stereocenters. The molecule has 1 aromatic rings. The molecule has 1 atom stereocenters. The molecule has 0 amide bonds. The molecule has 0 aliphatic carbocycles. The summed E-state index contributed by atoms with van der Waals surface area (Å²) in [5, 5.41) is 8.95. The van der Waals surface area contributed by atoms with Crippen LogP contribution in [0.25, 0.3) is 0 Å². The summed E-state index contributed by atoms with van der Waals surface area (Å²) in [6, 6.07) is 5.46. The number of allylic oxidation sites excluding steroid dienone is 1. The highest BCUT2D eigenvalue weighted by atomic mass is 16.5. The van der Waals surface area contributed by atoms with Crippen molar-refractivity contribution in [3.8, 4) is 11.9 Å². The molecule has 0 spiro atoms. The Bertz CT molecular complexity index is 496. The molecule has 0 bridgehead atoms. The lowest BCUT2D eigenvalue weighted by atomic mass is 10.2. The van der Waals surface area contributed by atoms with E-state index in [2.05, 4.69) is 48.6 Å². The first kappa shape index (κ1) is 18.1. The lowest BCUT2D eigenvalue weighted by Crippen LogP contribution is -2.37. The van der Waals surface area contributed by atoms with Crippen molar-refractivity contribution in [2.45, 2.75) is 18.9 Å². The predicted octanol–water partition coefficient (Wildman–Crippen LogP) is 2.16.